The number of nitrogens with two attached hydrogens (primary N) is 1. The molecule has 2 saturated carbocycles. The largest absolute Gasteiger partial charge is 0.352 e. The van der Waals surface area contributed by atoms with Crippen molar-refractivity contribution in [2.45, 2.75) is 70.4 Å². The molecule has 0 saturated heterocycles. The molecule has 0 aliphatic heterocycles. The molecule has 1 atom stereocenters. The van der Waals surface area contributed by atoms with E-state index >= 15 is 0 Å². The normalized spacial score (nSPS) is 22.9. The SMILES string of the molecule is CC(NC(=O)CC1(CN)CCCCC1)C(=O)NC1CC1. The van der Waals surface area contributed by atoms with E-state index in [4.69, 9.17) is 5.73 Å². The highest BCUT2D eigenvalue weighted by molar-refractivity contribution is 5.87. The lowest BCUT2D eigenvalue weighted by molar-refractivity contribution is -0.130. The summed E-state index contributed by atoms with van der Waals surface area (Å²) in [6.07, 6.45) is 8.17. The van der Waals surface area contributed by atoms with Gasteiger partial charge in [0.2, 0.25) is 11.8 Å². The van der Waals surface area contributed by atoms with E-state index in [0.717, 1.165) is 38.5 Å². The maximum absolute atomic E-state index is 12.1. The van der Waals surface area contributed by atoms with Crippen molar-refractivity contribution in [1.82, 2.24) is 10.6 Å². The zero-order valence-corrected chi connectivity index (χ0v) is 12.4. The van der Waals surface area contributed by atoms with E-state index in [0.29, 0.717) is 19.0 Å². The minimum Gasteiger partial charge on any atom is -0.352 e. The fraction of sp³-hybridized carbons (Fsp3) is 0.867. The van der Waals surface area contributed by atoms with Crippen LogP contribution in [0.25, 0.3) is 0 Å². The Bertz CT molecular complexity index is 360. The van der Waals surface area contributed by atoms with Gasteiger partial charge in [0, 0.05) is 12.5 Å². The first kappa shape index (κ1) is 15.3. The molecule has 2 rings (SSSR count). The van der Waals surface area contributed by atoms with Crippen molar-refractivity contribution in [3.8, 4) is 0 Å². The molecule has 0 aromatic heterocycles. The van der Waals surface area contributed by atoms with Crippen molar-refractivity contribution in [3.05, 3.63) is 0 Å². The number of amides is 2. The van der Waals surface area contributed by atoms with Gasteiger partial charge in [-0.1, -0.05) is 19.3 Å². The summed E-state index contributed by atoms with van der Waals surface area (Å²) >= 11 is 0. The molecule has 20 heavy (non-hydrogen) atoms. The van der Waals surface area contributed by atoms with Gasteiger partial charge in [-0.25, -0.2) is 0 Å². The summed E-state index contributed by atoms with van der Waals surface area (Å²) in [7, 11) is 0. The lowest BCUT2D eigenvalue weighted by atomic mass is 9.71. The minimum absolute atomic E-state index is 0.0456. The highest BCUT2D eigenvalue weighted by atomic mass is 16.2. The molecule has 114 valence electrons. The summed E-state index contributed by atoms with van der Waals surface area (Å²) in [6, 6.07) is -0.128. The summed E-state index contributed by atoms with van der Waals surface area (Å²) in [5, 5.41) is 5.72. The van der Waals surface area contributed by atoms with Crippen LogP contribution in [0.4, 0.5) is 0 Å². The Morgan fingerprint density at radius 3 is 2.45 bits per heavy atom. The van der Waals surface area contributed by atoms with E-state index in [1.54, 1.807) is 6.92 Å². The Morgan fingerprint density at radius 1 is 1.25 bits per heavy atom. The first-order valence-electron chi connectivity index (χ1n) is 7.84. The van der Waals surface area contributed by atoms with Gasteiger partial charge in [-0.15, -0.1) is 0 Å². The van der Waals surface area contributed by atoms with Crippen LogP contribution < -0.4 is 16.4 Å². The third-order valence-corrected chi connectivity index (χ3v) is 4.58. The standard InChI is InChI=1S/C15H27N3O2/c1-11(14(20)18-12-5-6-12)17-13(19)9-15(10-16)7-3-2-4-8-15/h11-12H,2-10,16H2,1H3,(H,17,19)(H,18,20). The average Bonchev–Trinajstić information content (AvgIpc) is 3.23. The highest BCUT2D eigenvalue weighted by Crippen LogP contribution is 2.38. The first-order chi connectivity index (χ1) is 9.54. The molecular formula is C15H27N3O2. The molecule has 0 aromatic carbocycles. The molecule has 0 spiro atoms. The number of carbonyl (C=O) groups is 2. The van der Waals surface area contributed by atoms with Crippen LogP contribution in [0.3, 0.4) is 0 Å². The Balaban J connectivity index is 1.79. The molecule has 0 aromatic rings. The first-order valence-corrected chi connectivity index (χ1v) is 7.84. The summed E-state index contributed by atoms with van der Waals surface area (Å²) in [5.41, 5.74) is 5.85. The quantitative estimate of drug-likeness (QED) is 0.681. The second-order valence-corrected chi connectivity index (χ2v) is 6.51. The van der Waals surface area contributed by atoms with Crippen molar-refractivity contribution >= 4 is 11.8 Å². The molecular weight excluding hydrogens is 254 g/mol. The molecule has 2 fully saturated rings. The van der Waals surface area contributed by atoms with Crippen LogP contribution in [0.5, 0.6) is 0 Å². The Morgan fingerprint density at radius 2 is 1.90 bits per heavy atom. The molecule has 2 aliphatic carbocycles. The van der Waals surface area contributed by atoms with Gasteiger partial charge in [0.05, 0.1) is 0 Å². The number of carbonyl (C=O) groups excluding carboxylic acids is 2. The van der Waals surface area contributed by atoms with Crippen molar-refractivity contribution in [1.29, 1.82) is 0 Å². The van der Waals surface area contributed by atoms with Crippen molar-refractivity contribution in [2.75, 3.05) is 6.54 Å². The molecule has 2 aliphatic rings. The number of hydrogen-bond acceptors (Lipinski definition) is 3. The summed E-state index contributed by atoms with van der Waals surface area (Å²) < 4.78 is 0. The van der Waals surface area contributed by atoms with Gasteiger partial charge >= 0.3 is 0 Å². The van der Waals surface area contributed by atoms with Crippen LogP contribution in [-0.4, -0.2) is 30.4 Å². The van der Waals surface area contributed by atoms with E-state index in [2.05, 4.69) is 10.6 Å². The summed E-state index contributed by atoms with van der Waals surface area (Å²) in [4.78, 5) is 24.0. The van der Waals surface area contributed by atoms with E-state index in [1.165, 1.54) is 6.42 Å². The van der Waals surface area contributed by atoms with E-state index < -0.39 is 6.04 Å². The van der Waals surface area contributed by atoms with Gasteiger partial charge in [-0.2, -0.15) is 0 Å². The topological polar surface area (TPSA) is 84.2 Å². The predicted molar refractivity (Wildman–Crippen MR) is 78.0 cm³/mol. The van der Waals surface area contributed by atoms with Gasteiger partial charge in [0.1, 0.15) is 6.04 Å². The predicted octanol–water partition coefficient (Wildman–Crippen LogP) is 1.07. The summed E-state index contributed by atoms with van der Waals surface area (Å²) in [5.74, 6) is -0.123. The van der Waals surface area contributed by atoms with Crippen molar-refractivity contribution < 1.29 is 9.59 Å². The highest BCUT2D eigenvalue weighted by Gasteiger charge is 2.34. The second-order valence-electron chi connectivity index (χ2n) is 6.51. The lowest BCUT2D eigenvalue weighted by Gasteiger charge is -2.35. The molecule has 5 nitrogen and oxygen atoms in total. The van der Waals surface area contributed by atoms with Crippen molar-refractivity contribution in [2.24, 2.45) is 11.1 Å². The molecule has 2 amide bonds. The third kappa shape index (κ3) is 4.20. The maximum atomic E-state index is 12.1. The van der Waals surface area contributed by atoms with Crippen LogP contribution in [0.15, 0.2) is 0 Å². The number of nitrogens with one attached hydrogen (secondary N) is 2. The van der Waals surface area contributed by atoms with Gasteiger partial charge in [-0.05, 0) is 44.6 Å². The Kier molecular flexibility index (Phi) is 5.02. The van der Waals surface area contributed by atoms with Crippen LogP contribution in [0, 0.1) is 5.41 Å². The second kappa shape index (κ2) is 6.57. The Hall–Kier alpha value is -1.10. The minimum atomic E-state index is -0.457. The zero-order chi connectivity index (χ0) is 14.6. The molecule has 0 radical (unpaired) electrons. The molecule has 5 heteroatoms. The van der Waals surface area contributed by atoms with Crippen LogP contribution in [-0.2, 0) is 9.59 Å². The number of hydrogen-bond donors (Lipinski definition) is 3. The van der Waals surface area contributed by atoms with Crippen LogP contribution in [0.2, 0.25) is 0 Å². The third-order valence-electron chi connectivity index (χ3n) is 4.58. The maximum Gasteiger partial charge on any atom is 0.242 e. The fourth-order valence-corrected chi connectivity index (χ4v) is 3.01. The Labute approximate surface area is 121 Å². The monoisotopic (exact) mass is 281 g/mol. The molecule has 1 unspecified atom stereocenters. The fourth-order valence-electron chi connectivity index (χ4n) is 3.01. The van der Waals surface area contributed by atoms with Gasteiger partial charge in [0.15, 0.2) is 0 Å². The molecule has 4 N–H and O–H groups in total. The van der Waals surface area contributed by atoms with E-state index in [-0.39, 0.29) is 17.2 Å². The van der Waals surface area contributed by atoms with E-state index in [9.17, 15) is 9.59 Å². The van der Waals surface area contributed by atoms with E-state index in [1.807, 2.05) is 0 Å². The van der Waals surface area contributed by atoms with Gasteiger partial charge < -0.3 is 16.4 Å². The molecule has 0 heterocycles. The van der Waals surface area contributed by atoms with Gasteiger partial charge in [0.25, 0.3) is 0 Å². The zero-order valence-electron chi connectivity index (χ0n) is 12.4. The van der Waals surface area contributed by atoms with Crippen LogP contribution >= 0.6 is 0 Å². The summed E-state index contributed by atoms with van der Waals surface area (Å²) in [6.45, 7) is 2.30. The number of rotatable bonds is 6. The van der Waals surface area contributed by atoms with Gasteiger partial charge in [-0.3, -0.25) is 9.59 Å². The average molecular weight is 281 g/mol. The lowest BCUT2D eigenvalue weighted by Crippen LogP contribution is -2.47. The van der Waals surface area contributed by atoms with Crippen molar-refractivity contribution in [3.63, 3.8) is 0 Å². The molecule has 0 bridgehead atoms. The smallest absolute Gasteiger partial charge is 0.242 e. The van der Waals surface area contributed by atoms with Crippen LogP contribution in [0.1, 0.15) is 58.3 Å².